The molecule has 0 radical (unpaired) electrons. The van der Waals surface area contributed by atoms with Gasteiger partial charge in [-0.3, -0.25) is 4.98 Å². The average molecular weight is 219 g/mol. The predicted molar refractivity (Wildman–Crippen MR) is 62.2 cm³/mol. The molecule has 1 fully saturated rings. The average Bonchev–Trinajstić information content (AvgIpc) is 2.80. The Morgan fingerprint density at radius 3 is 3.25 bits per heavy atom. The van der Waals surface area contributed by atoms with Gasteiger partial charge in [0.1, 0.15) is 0 Å². The molecule has 0 bridgehead atoms. The zero-order valence-corrected chi connectivity index (χ0v) is 9.52. The Balaban J connectivity index is 1.96. The first-order valence-corrected chi connectivity index (χ1v) is 5.74. The highest BCUT2D eigenvalue weighted by molar-refractivity contribution is 5.74. The molecule has 4 nitrogen and oxygen atoms in total. The predicted octanol–water partition coefficient (Wildman–Crippen LogP) is 1.60. The van der Waals surface area contributed by atoms with Crippen LogP contribution in [0.5, 0.6) is 0 Å². The van der Waals surface area contributed by atoms with Crippen LogP contribution >= 0.6 is 0 Å². The Labute approximate surface area is 95.7 Å². The summed E-state index contributed by atoms with van der Waals surface area (Å²) in [6, 6.07) is 4.08. The van der Waals surface area contributed by atoms with E-state index >= 15 is 0 Å². The first kappa shape index (κ1) is 10.9. The third kappa shape index (κ3) is 2.32. The van der Waals surface area contributed by atoms with Crippen molar-refractivity contribution < 1.29 is 4.79 Å². The molecule has 0 aromatic carbocycles. The number of amides is 2. The van der Waals surface area contributed by atoms with Crippen molar-refractivity contribution >= 4 is 6.03 Å². The molecule has 1 aromatic heterocycles. The molecule has 0 saturated carbocycles. The van der Waals surface area contributed by atoms with Crippen LogP contribution in [0, 0.1) is 0 Å². The Bertz CT molecular complexity index is 353. The number of pyridine rings is 1. The first-order chi connectivity index (χ1) is 7.81. The minimum Gasteiger partial charge on any atom is -0.338 e. The molecule has 1 aromatic rings. The van der Waals surface area contributed by atoms with E-state index in [1.54, 1.807) is 6.20 Å². The van der Waals surface area contributed by atoms with E-state index in [1.807, 2.05) is 24.1 Å². The van der Waals surface area contributed by atoms with Crippen molar-refractivity contribution in [3.63, 3.8) is 0 Å². The van der Waals surface area contributed by atoms with Gasteiger partial charge in [-0.15, -0.1) is 0 Å². The second-order valence-electron chi connectivity index (χ2n) is 4.05. The number of urea groups is 1. The van der Waals surface area contributed by atoms with E-state index in [0.717, 1.165) is 19.5 Å². The lowest BCUT2D eigenvalue weighted by molar-refractivity contribution is 0.209. The molecule has 2 rings (SSSR count). The summed E-state index contributed by atoms with van der Waals surface area (Å²) in [5, 5.41) is 2.83. The number of nitrogens with zero attached hydrogens (tertiary/aromatic N) is 2. The number of rotatable bonds is 2. The Hall–Kier alpha value is -1.58. The fraction of sp³-hybridized carbons (Fsp3) is 0.500. The van der Waals surface area contributed by atoms with Gasteiger partial charge in [0.05, 0.1) is 0 Å². The van der Waals surface area contributed by atoms with Crippen molar-refractivity contribution in [2.24, 2.45) is 0 Å². The summed E-state index contributed by atoms with van der Waals surface area (Å²) in [5.74, 6) is 0.441. The van der Waals surface area contributed by atoms with E-state index < -0.39 is 0 Å². The number of hydrogen-bond acceptors (Lipinski definition) is 2. The second kappa shape index (κ2) is 4.96. The third-order valence-electron chi connectivity index (χ3n) is 2.96. The molecule has 2 heterocycles. The smallest absolute Gasteiger partial charge is 0.317 e. The number of aromatic nitrogens is 1. The van der Waals surface area contributed by atoms with Crippen LogP contribution in [0.1, 0.15) is 24.8 Å². The monoisotopic (exact) mass is 219 g/mol. The quantitative estimate of drug-likeness (QED) is 0.821. The lowest BCUT2D eigenvalue weighted by Gasteiger charge is -2.16. The largest absolute Gasteiger partial charge is 0.338 e. The van der Waals surface area contributed by atoms with Crippen molar-refractivity contribution in [3.8, 4) is 0 Å². The molecule has 1 N–H and O–H groups in total. The van der Waals surface area contributed by atoms with E-state index in [9.17, 15) is 4.79 Å². The molecule has 86 valence electrons. The Morgan fingerprint density at radius 1 is 1.69 bits per heavy atom. The van der Waals surface area contributed by atoms with E-state index in [0.29, 0.717) is 12.5 Å². The van der Waals surface area contributed by atoms with Gasteiger partial charge < -0.3 is 10.2 Å². The lowest BCUT2D eigenvalue weighted by Crippen LogP contribution is -2.38. The molecular formula is C12H17N3O. The summed E-state index contributed by atoms with van der Waals surface area (Å²) in [6.07, 6.45) is 4.70. The van der Waals surface area contributed by atoms with Gasteiger partial charge in [0.2, 0.25) is 0 Å². The van der Waals surface area contributed by atoms with Crippen LogP contribution in [0.15, 0.2) is 24.5 Å². The van der Waals surface area contributed by atoms with Gasteiger partial charge in [-0.1, -0.05) is 6.07 Å². The molecule has 1 aliphatic rings. The fourth-order valence-electron chi connectivity index (χ4n) is 2.10. The molecule has 1 aliphatic heterocycles. The first-order valence-electron chi connectivity index (χ1n) is 5.74. The molecular weight excluding hydrogens is 202 g/mol. The highest BCUT2D eigenvalue weighted by atomic mass is 16.2. The zero-order chi connectivity index (χ0) is 11.4. The fourth-order valence-corrected chi connectivity index (χ4v) is 2.10. The van der Waals surface area contributed by atoms with Gasteiger partial charge in [0, 0.05) is 37.9 Å². The molecule has 1 unspecified atom stereocenters. The maximum atomic E-state index is 11.6. The highest BCUT2D eigenvalue weighted by Gasteiger charge is 2.26. The molecule has 16 heavy (non-hydrogen) atoms. The van der Waals surface area contributed by atoms with Crippen LogP contribution in [-0.4, -0.2) is 35.5 Å². The maximum Gasteiger partial charge on any atom is 0.317 e. The van der Waals surface area contributed by atoms with Crippen LogP contribution in [0.25, 0.3) is 0 Å². The minimum atomic E-state index is 0.0499. The summed E-state index contributed by atoms with van der Waals surface area (Å²) >= 11 is 0. The van der Waals surface area contributed by atoms with E-state index in [2.05, 4.69) is 16.4 Å². The van der Waals surface area contributed by atoms with Gasteiger partial charge in [-0.2, -0.15) is 0 Å². The molecule has 1 atom stereocenters. The molecule has 0 spiro atoms. The Morgan fingerprint density at radius 2 is 2.56 bits per heavy atom. The van der Waals surface area contributed by atoms with Crippen molar-refractivity contribution in [1.82, 2.24) is 15.2 Å². The van der Waals surface area contributed by atoms with Gasteiger partial charge in [-0.05, 0) is 25.0 Å². The zero-order valence-electron chi connectivity index (χ0n) is 9.52. The van der Waals surface area contributed by atoms with Gasteiger partial charge in [0.25, 0.3) is 0 Å². The SMILES string of the molecule is CCNC(=O)N1CCC(c2cccnc2)C1. The normalized spacial score (nSPS) is 19.8. The standard InChI is InChI=1S/C12H17N3O/c1-2-14-12(16)15-7-5-11(9-15)10-4-3-6-13-8-10/h3-4,6,8,11H,2,5,7,9H2,1H3,(H,14,16). The third-order valence-corrected chi connectivity index (χ3v) is 2.96. The van der Waals surface area contributed by atoms with Crippen LogP contribution in [0.2, 0.25) is 0 Å². The Kier molecular flexibility index (Phi) is 3.39. The summed E-state index contributed by atoms with van der Waals surface area (Å²) < 4.78 is 0. The van der Waals surface area contributed by atoms with Crippen LogP contribution < -0.4 is 5.32 Å². The number of carbonyl (C=O) groups is 1. The van der Waals surface area contributed by atoms with E-state index in [1.165, 1.54) is 5.56 Å². The van der Waals surface area contributed by atoms with Crippen molar-refractivity contribution in [2.75, 3.05) is 19.6 Å². The second-order valence-corrected chi connectivity index (χ2v) is 4.05. The van der Waals surface area contributed by atoms with E-state index in [4.69, 9.17) is 0 Å². The van der Waals surface area contributed by atoms with Crippen molar-refractivity contribution in [1.29, 1.82) is 0 Å². The summed E-state index contributed by atoms with van der Waals surface area (Å²) in [4.78, 5) is 17.6. The lowest BCUT2D eigenvalue weighted by atomic mass is 10.0. The topological polar surface area (TPSA) is 45.2 Å². The number of carbonyl (C=O) groups excluding carboxylic acids is 1. The highest BCUT2D eigenvalue weighted by Crippen LogP contribution is 2.26. The van der Waals surface area contributed by atoms with Crippen LogP contribution in [0.4, 0.5) is 4.79 Å². The van der Waals surface area contributed by atoms with Crippen molar-refractivity contribution in [2.45, 2.75) is 19.3 Å². The summed E-state index contributed by atoms with van der Waals surface area (Å²) in [5.41, 5.74) is 1.23. The summed E-state index contributed by atoms with van der Waals surface area (Å²) in [6.45, 7) is 4.27. The maximum absolute atomic E-state index is 11.6. The number of hydrogen-bond donors (Lipinski definition) is 1. The molecule has 0 aliphatic carbocycles. The van der Waals surface area contributed by atoms with Gasteiger partial charge in [-0.25, -0.2) is 4.79 Å². The molecule has 1 saturated heterocycles. The van der Waals surface area contributed by atoms with Crippen molar-refractivity contribution in [3.05, 3.63) is 30.1 Å². The van der Waals surface area contributed by atoms with E-state index in [-0.39, 0.29) is 6.03 Å². The minimum absolute atomic E-state index is 0.0499. The summed E-state index contributed by atoms with van der Waals surface area (Å²) in [7, 11) is 0. The number of nitrogens with one attached hydrogen (secondary N) is 1. The van der Waals surface area contributed by atoms with Gasteiger partial charge in [0.15, 0.2) is 0 Å². The molecule has 4 heteroatoms. The van der Waals surface area contributed by atoms with Crippen LogP contribution in [-0.2, 0) is 0 Å². The molecule has 2 amide bonds. The number of likely N-dealkylation sites (tertiary alicyclic amines) is 1. The van der Waals surface area contributed by atoms with Crippen LogP contribution in [0.3, 0.4) is 0 Å². The van der Waals surface area contributed by atoms with Gasteiger partial charge >= 0.3 is 6.03 Å².